The molecular weight excluding hydrogens is 792 g/mol. The molecule has 1 fully saturated rings. The molecule has 5 aromatic carbocycles. The molecule has 0 spiro atoms. The summed E-state index contributed by atoms with van der Waals surface area (Å²) in [5, 5.41) is 21.4. The second kappa shape index (κ2) is 17.4. The van der Waals surface area contributed by atoms with Crippen molar-refractivity contribution < 1.29 is 74.9 Å². The van der Waals surface area contributed by atoms with Gasteiger partial charge >= 0.3 is 29.6 Å². The summed E-state index contributed by atoms with van der Waals surface area (Å²) in [7, 11) is -10.5. The van der Waals surface area contributed by atoms with Crippen LogP contribution in [0.1, 0.15) is 43.6 Å². The van der Waals surface area contributed by atoms with Gasteiger partial charge in [0, 0.05) is 10.4 Å². The molecule has 13 nitrogen and oxygen atoms in total. The Morgan fingerprint density at radius 1 is 0.852 bits per heavy atom. The molecule has 0 radical (unpaired) electrons. The number of amides is 1. The molecule has 276 valence electrons. The van der Waals surface area contributed by atoms with Gasteiger partial charge in [-0.05, 0) is 78.9 Å². The van der Waals surface area contributed by atoms with Crippen LogP contribution in [0, 0.1) is 0 Å². The van der Waals surface area contributed by atoms with E-state index in [0.717, 1.165) is 43.4 Å². The molecule has 0 saturated heterocycles. The number of carbonyl (C=O) groups excluding carboxylic acids is 1. The van der Waals surface area contributed by atoms with Gasteiger partial charge in [-0.3, -0.25) is 9.35 Å². The van der Waals surface area contributed by atoms with Crippen LogP contribution in [0.3, 0.4) is 0 Å². The number of benzene rings is 5. The summed E-state index contributed by atoms with van der Waals surface area (Å²) < 4.78 is 83.9. The van der Waals surface area contributed by atoms with Crippen molar-refractivity contribution in [1.82, 2.24) is 0 Å². The summed E-state index contributed by atoms with van der Waals surface area (Å²) in [6.45, 7) is -0.623. The molecule has 0 heterocycles. The number of hydrogen-bond acceptors (Lipinski definition) is 11. The number of fused-ring (bicyclic) bond motifs is 1. The fraction of sp³-hybridized carbons (Fsp3) is 0.194. The largest absolute Gasteiger partial charge is 1.00 e. The normalized spacial score (nSPS) is 13.8. The molecule has 6 rings (SSSR count). The average Bonchev–Trinajstić information content (AvgIpc) is 3.11. The molecule has 54 heavy (non-hydrogen) atoms. The van der Waals surface area contributed by atoms with E-state index in [2.05, 4.69) is 15.5 Å². The monoisotopic (exact) mass is 821 g/mol. The molecule has 3 N–H and O–H groups in total. The van der Waals surface area contributed by atoms with E-state index in [1.165, 1.54) is 30.7 Å². The number of aromatic hydroxyl groups is 1. The van der Waals surface area contributed by atoms with Crippen molar-refractivity contribution in [1.29, 1.82) is 0 Å². The zero-order chi connectivity index (χ0) is 37.9. The van der Waals surface area contributed by atoms with E-state index in [0.29, 0.717) is 22.8 Å². The maximum atomic E-state index is 13.0. The minimum absolute atomic E-state index is 0. The van der Waals surface area contributed by atoms with Crippen LogP contribution in [0.25, 0.3) is 10.8 Å². The second-order valence-electron chi connectivity index (χ2n) is 12.1. The molecule has 1 amide bonds. The third kappa shape index (κ3) is 9.53. The van der Waals surface area contributed by atoms with Crippen molar-refractivity contribution in [3.8, 4) is 23.0 Å². The van der Waals surface area contributed by atoms with Crippen molar-refractivity contribution in [2.75, 3.05) is 11.9 Å². The summed E-state index contributed by atoms with van der Waals surface area (Å²) in [5.41, 5.74) is 0.0499. The Labute approximate surface area is 343 Å². The van der Waals surface area contributed by atoms with Crippen LogP contribution >= 0.6 is 23.2 Å². The first kappa shape index (κ1) is 41.4. The number of ether oxygens (including phenoxy) is 2. The SMILES string of the molecule is O=C(COc1ccc(Cl)cc1Cl)Nc1ccc(S(=O)(=O)[O-])c2cc(S(=O)(=O)O)c(N=Nc3ccccc3Oc3ccccc3C3CCCCC3)c(O)c12.[Na+]. The zero-order valence-corrected chi connectivity index (χ0v) is 33.7. The number of hydrogen-bond donors (Lipinski definition) is 3. The summed E-state index contributed by atoms with van der Waals surface area (Å²) in [4.78, 5) is 11.0. The minimum Gasteiger partial charge on any atom is -0.744 e. The van der Waals surface area contributed by atoms with Gasteiger partial charge in [0.15, 0.2) is 18.1 Å². The first-order chi connectivity index (χ1) is 25.2. The Morgan fingerprint density at radius 3 is 2.22 bits per heavy atom. The maximum Gasteiger partial charge on any atom is 1.00 e. The molecule has 1 aliphatic rings. The van der Waals surface area contributed by atoms with E-state index >= 15 is 0 Å². The topological polar surface area (TPSA) is 204 Å². The van der Waals surface area contributed by atoms with E-state index < -0.39 is 64.8 Å². The van der Waals surface area contributed by atoms with Crippen molar-refractivity contribution in [3.63, 3.8) is 0 Å². The van der Waals surface area contributed by atoms with E-state index in [-0.39, 0.29) is 57.5 Å². The predicted molar refractivity (Wildman–Crippen MR) is 197 cm³/mol. The van der Waals surface area contributed by atoms with Gasteiger partial charge in [0.1, 0.15) is 37.9 Å². The first-order valence-corrected chi connectivity index (χ1v) is 19.7. The number of azo groups is 1. The minimum atomic E-state index is -5.29. The Morgan fingerprint density at radius 2 is 1.54 bits per heavy atom. The number of phenols is 1. The quantitative estimate of drug-likeness (QED) is 0.0773. The van der Waals surface area contributed by atoms with Crippen molar-refractivity contribution in [2.24, 2.45) is 10.2 Å². The van der Waals surface area contributed by atoms with Gasteiger partial charge in [-0.1, -0.05) is 72.8 Å². The molecule has 0 aliphatic heterocycles. The number of phenolic OH excluding ortho intramolecular Hbond substituents is 1. The van der Waals surface area contributed by atoms with E-state index in [1.807, 2.05) is 24.3 Å². The molecular formula is C36H30Cl2N3NaO10S2. The molecule has 0 aromatic heterocycles. The Hall–Kier alpha value is -3.77. The maximum absolute atomic E-state index is 13.0. The number of nitrogens with zero attached hydrogens (tertiary/aromatic N) is 2. The third-order valence-corrected chi connectivity index (χ3v) is 10.8. The smallest absolute Gasteiger partial charge is 0.744 e. The molecule has 0 unspecified atom stereocenters. The molecule has 5 aromatic rings. The summed E-state index contributed by atoms with van der Waals surface area (Å²) in [6, 6.07) is 20.8. The van der Waals surface area contributed by atoms with Gasteiger partial charge in [-0.15, -0.1) is 10.2 Å². The number of rotatable bonds is 11. The van der Waals surface area contributed by atoms with E-state index in [4.69, 9.17) is 32.7 Å². The van der Waals surface area contributed by atoms with Crippen LogP contribution in [0.4, 0.5) is 17.1 Å². The van der Waals surface area contributed by atoms with Crippen LogP contribution in [0.2, 0.25) is 10.0 Å². The predicted octanol–water partition coefficient (Wildman–Crippen LogP) is 6.28. The van der Waals surface area contributed by atoms with Crippen LogP contribution in [0.15, 0.2) is 105 Å². The number of carbonyl (C=O) groups is 1. The third-order valence-electron chi connectivity index (χ3n) is 8.56. The van der Waals surface area contributed by atoms with Crippen LogP contribution in [0.5, 0.6) is 23.0 Å². The summed E-state index contributed by atoms with van der Waals surface area (Å²) >= 11 is 12.0. The molecule has 0 atom stereocenters. The summed E-state index contributed by atoms with van der Waals surface area (Å²) in [5.74, 6) is -0.586. The average molecular weight is 823 g/mol. The van der Waals surface area contributed by atoms with Crippen molar-refractivity contribution in [2.45, 2.75) is 47.8 Å². The van der Waals surface area contributed by atoms with Gasteiger partial charge < -0.3 is 24.4 Å². The number of nitrogens with one attached hydrogen (secondary N) is 1. The zero-order valence-electron chi connectivity index (χ0n) is 28.5. The number of para-hydroxylation sites is 2. The first-order valence-electron chi connectivity index (χ1n) is 16.1. The Bertz CT molecular complexity index is 2480. The van der Waals surface area contributed by atoms with Gasteiger partial charge in [0.25, 0.3) is 16.0 Å². The molecule has 1 aliphatic carbocycles. The number of anilines is 1. The van der Waals surface area contributed by atoms with Crippen LogP contribution < -0.4 is 44.3 Å². The van der Waals surface area contributed by atoms with Crippen molar-refractivity contribution >= 4 is 77.2 Å². The Balaban J connectivity index is 0.00000561. The van der Waals surface area contributed by atoms with Gasteiger partial charge in [-0.25, -0.2) is 8.42 Å². The molecule has 0 bridgehead atoms. The molecule has 18 heteroatoms. The fourth-order valence-electron chi connectivity index (χ4n) is 6.14. The second-order valence-corrected chi connectivity index (χ2v) is 15.7. The van der Waals surface area contributed by atoms with Crippen molar-refractivity contribution in [3.05, 3.63) is 101 Å². The number of halogens is 2. The van der Waals surface area contributed by atoms with Gasteiger partial charge in [-0.2, -0.15) is 8.42 Å². The fourth-order valence-corrected chi connectivity index (χ4v) is 7.92. The van der Waals surface area contributed by atoms with Crippen LogP contribution in [-0.4, -0.2) is 43.6 Å². The van der Waals surface area contributed by atoms with E-state index in [9.17, 15) is 35.8 Å². The standard InChI is InChI=1S/C36H31Cl2N3O10S2.Na/c37-22-14-16-29(25(38)18-22)50-20-33(42)39-27-15-17-31(52(44,45)46)24-19-32(53(47,48)49)35(36(43)34(24)27)41-40-26-11-5-7-13-30(26)51-28-12-6-4-10-23(28)21-8-2-1-3-9-21;/h4-7,10-19,21,43H,1-3,8-9,20H2,(H,39,42)(H,44,45,46)(H,47,48,49);/q;+1/p-1. The van der Waals surface area contributed by atoms with Crippen LogP contribution in [-0.2, 0) is 25.0 Å². The van der Waals surface area contributed by atoms with E-state index in [1.54, 1.807) is 18.2 Å². The van der Waals surface area contributed by atoms with Gasteiger partial charge in [0.2, 0.25) is 0 Å². The Kier molecular flexibility index (Phi) is 13.3. The molecule has 1 saturated carbocycles. The summed E-state index contributed by atoms with van der Waals surface area (Å²) in [6.07, 6.45) is 5.42. The van der Waals surface area contributed by atoms with Gasteiger partial charge in [0.05, 0.1) is 21.0 Å².